The molecule has 0 radical (unpaired) electrons. The zero-order chi connectivity index (χ0) is 13.7. The van der Waals surface area contributed by atoms with E-state index in [4.69, 9.17) is 0 Å². The van der Waals surface area contributed by atoms with Crippen LogP contribution in [0.25, 0.3) is 0 Å². The van der Waals surface area contributed by atoms with Gasteiger partial charge >= 0.3 is 0 Å². The maximum absolute atomic E-state index is 9.24. The van der Waals surface area contributed by atoms with E-state index < -0.39 is 0 Å². The van der Waals surface area contributed by atoms with Gasteiger partial charge in [-0.1, -0.05) is 38.1 Å². The first kappa shape index (κ1) is 14.5. The monoisotopic (exact) mass is 261 g/mol. The average Bonchev–Trinajstić information content (AvgIpc) is 3.24. The Morgan fingerprint density at radius 3 is 2.47 bits per heavy atom. The van der Waals surface area contributed by atoms with Crippen molar-refractivity contribution in [2.45, 2.75) is 45.4 Å². The predicted molar refractivity (Wildman–Crippen MR) is 80.5 cm³/mol. The summed E-state index contributed by atoms with van der Waals surface area (Å²) >= 11 is 0. The highest BCUT2D eigenvalue weighted by molar-refractivity contribution is 5.25. The lowest BCUT2D eigenvalue weighted by molar-refractivity contribution is 0.208. The highest BCUT2D eigenvalue weighted by Crippen LogP contribution is 2.44. The van der Waals surface area contributed by atoms with E-state index in [9.17, 15) is 5.11 Å². The molecular formula is C17H27NO. The zero-order valence-corrected chi connectivity index (χ0v) is 12.3. The second-order valence-electron chi connectivity index (χ2n) is 6.14. The van der Waals surface area contributed by atoms with Crippen LogP contribution in [0.5, 0.6) is 0 Å². The lowest BCUT2D eigenvalue weighted by Gasteiger charge is -2.13. The Morgan fingerprint density at radius 1 is 1.26 bits per heavy atom. The highest BCUT2D eigenvalue weighted by Gasteiger charge is 2.41. The van der Waals surface area contributed by atoms with Crippen molar-refractivity contribution < 1.29 is 5.11 Å². The number of aliphatic hydroxyl groups excluding tert-OH is 1. The third-order valence-corrected chi connectivity index (χ3v) is 4.54. The van der Waals surface area contributed by atoms with E-state index in [1.165, 1.54) is 30.4 Å². The van der Waals surface area contributed by atoms with Gasteiger partial charge in [0.25, 0.3) is 0 Å². The molecule has 1 unspecified atom stereocenters. The van der Waals surface area contributed by atoms with Gasteiger partial charge in [-0.25, -0.2) is 0 Å². The summed E-state index contributed by atoms with van der Waals surface area (Å²) in [7, 11) is 0. The minimum atomic E-state index is 0.223. The van der Waals surface area contributed by atoms with E-state index in [1.54, 1.807) is 0 Å². The first-order chi connectivity index (χ1) is 9.19. The largest absolute Gasteiger partial charge is 0.396 e. The van der Waals surface area contributed by atoms with Gasteiger partial charge in [0, 0.05) is 18.6 Å². The summed E-state index contributed by atoms with van der Waals surface area (Å²) in [5.74, 6) is 0.659. The first-order valence-corrected chi connectivity index (χ1v) is 7.59. The molecule has 0 amide bonds. The Balaban J connectivity index is 1.71. The van der Waals surface area contributed by atoms with E-state index >= 15 is 0 Å². The number of aliphatic hydroxyl groups is 1. The molecule has 2 rings (SSSR count). The van der Waals surface area contributed by atoms with Crippen molar-refractivity contribution in [1.29, 1.82) is 0 Å². The Hall–Kier alpha value is -0.860. The second-order valence-corrected chi connectivity index (χ2v) is 6.14. The summed E-state index contributed by atoms with van der Waals surface area (Å²) in [6, 6.07) is 9.03. The summed E-state index contributed by atoms with van der Waals surface area (Å²) in [5, 5.41) is 12.7. The maximum atomic E-state index is 9.24. The minimum absolute atomic E-state index is 0.223. The molecule has 1 aliphatic carbocycles. The normalized spacial score (nSPS) is 18.3. The Labute approximate surface area is 117 Å². The fourth-order valence-electron chi connectivity index (χ4n) is 2.40. The van der Waals surface area contributed by atoms with Crippen molar-refractivity contribution in [2.24, 2.45) is 5.41 Å². The molecule has 1 fully saturated rings. The Kier molecular flexibility index (Phi) is 5.00. The second kappa shape index (κ2) is 6.53. The maximum Gasteiger partial charge on any atom is 0.0499 e. The van der Waals surface area contributed by atoms with Gasteiger partial charge in [0.05, 0.1) is 0 Å². The number of nitrogens with one attached hydrogen (secondary N) is 1. The van der Waals surface area contributed by atoms with E-state index in [0.29, 0.717) is 12.5 Å². The molecule has 1 aromatic carbocycles. The number of hydrogen-bond donors (Lipinski definition) is 2. The lowest BCUT2D eigenvalue weighted by atomic mass is 9.97. The molecule has 1 atom stereocenters. The van der Waals surface area contributed by atoms with E-state index in [0.717, 1.165) is 19.5 Å². The van der Waals surface area contributed by atoms with Gasteiger partial charge in [0.2, 0.25) is 0 Å². The topological polar surface area (TPSA) is 32.3 Å². The Bertz CT molecular complexity index is 381. The quantitative estimate of drug-likeness (QED) is 0.705. The third kappa shape index (κ3) is 4.05. The SMILES string of the molecule is CCC(C)c1ccc(CCNCC2(CO)CC2)cc1. The molecule has 2 N–H and O–H groups in total. The molecule has 0 heterocycles. The van der Waals surface area contributed by atoms with Crippen LogP contribution in [0.15, 0.2) is 24.3 Å². The fraction of sp³-hybridized carbons (Fsp3) is 0.647. The molecule has 1 aromatic rings. The number of benzene rings is 1. The molecule has 0 spiro atoms. The van der Waals surface area contributed by atoms with Crippen LogP contribution in [-0.2, 0) is 6.42 Å². The molecule has 1 aliphatic rings. The third-order valence-electron chi connectivity index (χ3n) is 4.54. The number of rotatable bonds is 8. The van der Waals surface area contributed by atoms with Gasteiger partial charge < -0.3 is 10.4 Å². The van der Waals surface area contributed by atoms with E-state index in [2.05, 4.69) is 43.4 Å². The summed E-state index contributed by atoms with van der Waals surface area (Å²) in [6.45, 7) is 6.82. The molecular weight excluding hydrogens is 234 g/mol. The van der Waals surface area contributed by atoms with Crippen LogP contribution < -0.4 is 5.32 Å². The van der Waals surface area contributed by atoms with Gasteiger partial charge in [-0.2, -0.15) is 0 Å². The summed E-state index contributed by atoms with van der Waals surface area (Å²) in [5.41, 5.74) is 3.06. The molecule has 106 valence electrons. The van der Waals surface area contributed by atoms with Crippen LogP contribution in [-0.4, -0.2) is 24.8 Å². The van der Waals surface area contributed by atoms with Crippen LogP contribution in [0, 0.1) is 5.41 Å². The van der Waals surface area contributed by atoms with Crippen molar-refractivity contribution in [3.05, 3.63) is 35.4 Å². The van der Waals surface area contributed by atoms with Crippen LogP contribution in [0.3, 0.4) is 0 Å². The Morgan fingerprint density at radius 2 is 1.95 bits per heavy atom. The van der Waals surface area contributed by atoms with Gasteiger partial charge in [0.15, 0.2) is 0 Å². The molecule has 1 saturated carbocycles. The fourth-order valence-corrected chi connectivity index (χ4v) is 2.40. The smallest absolute Gasteiger partial charge is 0.0499 e. The van der Waals surface area contributed by atoms with Crippen LogP contribution >= 0.6 is 0 Å². The van der Waals surface area contributed by atoms with Gasteiger partial charge in [-0.3, -0.25) is 0 Å². The zero-order valence-electron chi connectivity index (χ0n) is 12.3. The molecule has 0 bridgehead atoms. The van der Waals surface area contributed by atoms with E-state index in [-0.39, 0.29) is 5.41 Å². The molecule has 19 heavy (non-hydrogen) atoms. The standard InChI is InChI=1S/C17H27NO/c1-3-14(2)16-6-4-15(5-7-16)8-11-18-12-17(13-19)9-10-17/h4-7,14,18-19H,3,8-13H2,1-2H3. The lowest BCUT2D eigenvalue weighted by Crippen LogP contribution is -2.28. The minimum Gasteiger partial charge on any atom is -0.396 e. The summed E-state index contributed by atoms with van der Waals surface area (Å²) in [6.07, 6.45) is 4.63. The molecule has 2 heteroatoms. The average molecular weight is 261 g/mol. The summed E-state index contributed by atoms with van der Waals surface area (Å²) < 4.78 is 0. The highest BCUT2D eigenvalue weighted by atomic mass is 16.3. The van der Waals surface area contributed by atoms with Crippen LogP contribution in [0.4, 0.5) is 0 Å². The molecule has 0 saturated heterocycles. The summed E-state index contributed by atoms with van der Waals surface area (Å²) in [4.78, 5) is 0. The van der Waals surface area contributed by atoms with Crippen molar-refractivity contribution in [2.75, 3.05) is 19.7 Å². The van der Waals surface area contributed by atoms with Gasteiger partial charge in [0.1, 0.15) is 0 Å². The van der Waals surface area contributed by atoms with Gasteiger partial charge in [-0.15, -0.1) is 0 Å². The number of hydrogen-bond acceptors (Lipinski definition) is 2. The van der Waals surface area contributed by atoms with Crippen LogP contribution in [0.1, 0.15) is 50.2 Å². The van der Waals surface area contributed by atoms with Crippen molar-refractivity contribution in [1.82, 2.24) is 5.32 Å². The van der Waals surface area contributed by atoms with Crippen LogP contribution in [0.2, 0.25) is 0 Å². The van der Waals surface area contributed by atoms with Crippen molar-refractivity contribution in [3.63, 3.8) is 0 Å². The van der Waals surface area contributed by atoms with Crippen molar-refractivity contribution in [3.8, 4) is 0 Å². The van der Waals surface area contributed by atoms with E-state index in [1.807, 2.05) is 0 Å². The predicted octanol–water partition coefficient (Wildman–Crippen LogP) is 3.10. The molecule has 2 nitrogen and oxygen atoms in total. The van der Waals surface area contributed by atoms with Gasteiger partial charge in [-0.05, 0) is 49.3 Å². The first-order valence-electron chi connectivity index (χ1n) is 7.59. The molecule has 0 aromatic heterocycles. The molecule has 0 aliphatic heterocycles. The van der Waals surface area contributed by atoms with Crippen molar-refractivity contribution >= 4 is 0 Å².